The second-order valence-corrected chi connectivity index (χ2v) is 4.46. The van der Waals surface area contributed by atoms with Crippen LogP contribution in [0.5, 0.6) is 0 Å². The monoisotopic (exact) mass is 261 g/mol. The fraction of sp³-hybridized carbons (Fsp3) is 0.364. The van der Waals surface area contributed by atoms with E-state index < -0.39 is 12.0 Å². The molecule has 1 aromatic rings. The first-order valence-corrected chi connectivity index (χ1v) is 5.61. The summed E-state index contributed by atoms with van der Waals surface area (Å²) in [6.45, 7) is 3.42. The summed E-state index contributed by atoms with van der Waals surface area (Å²) in [7, 11) is 0. The van der Waals surface area contributed by atoms with Crippen LogP contribution in [0.2, 0.25) is 10.0 Å². The molecule has 2 unspecified atom stereocenters. The molecule has 0 aromatic heterocycles. The lowest BCUT2D eigenvalue weighted by molar-refractivity contribution is -0.139. The molecule has 0 aliphatic rings. The first kappa shape index (κ1) is 13.3. The van der Waals surface area contributed by atoms with Gasteiger partial charge >= 0.3 is 5.97 Å². The summed E-state index contributed by atoms with van der Waals surface area (Å²) in [6, 6.07) is 4.32. The van der Waals surface area contributed by atoms with E-state index in [1.165, 1.54) is 0 Å². The Hall–Kier alpha value is -0.770. The molecule has 2 atom stereocenters. The standard InChI is InChI=1S/C11H13Cl2NO2/c1-6(14-7(2)11(15)16)9-5-8(12)3-4-10(9)13/h3-7,14H,1-2H3,(H,15,16). The molecule has 0 aliphatic heterocycles. The van der Waals surface area contributed by atoms with Crippen LogP contribution in [0.15, 0.2) is 18.2 Å². The van der Waals surface area contributed by atoms with E-state index in [0.717, 1.165) is 5.56 Å². The quantitative estimate of drug-likeness (QED) is 0.876. The number of carboxylic acids is 1. The van der Waals surface area contributed by atoms with Crippen molar-refractivity contribution in [2.75, 3.05) is 0 Å². The maximum atomic E-state index is 10.7. The maximum Gasteiger partial charge on any atom is 0.320 e. The highest BCUT2D eigenvalue weighted by Crippen LogP contribution is 2.26. The zero-order chi connectivity index (χ0) is 12.3. The predicted octanol–water partition coefficient (Wildman–Crippen LogP) is 3.12. The number of benzene rings is 1. The Labute approximate surface area is 104 Å². The van der Waals surface area contributed by atoms with Gasteiger partial charge in [0.15, 0.2) is 0 Å². The minimum atomic E-state index is -0.898. The van der Waals surface area contributed by atoms with Crippen LogP contribution in [0.3, 0.4) is 0 Å². The molecule has 5 heteroatoms. The number of aliphatic carboxylic acids is 1. The molecular weight excluding hydrogens is 249 g/mol. The summed E-state index contributed by atoms with van der Waals surface area (Å²) in [4.78, 5) is 10.7. The van der Waals surface area contributed by atoms with Crippen LogP contribution < -0.4 is 5.32 Å². The molecule has 16 heavy (non-hydrogen) atoms. The van der Waals surface area contributed by atoms with E-state index >= 15 is 0 Å². The van der Waals surface area contributed by atoms with Crippen molar-refractivity contribution in [1.29, 1.82) is 0 Å². The molecule has 0 aliphatic carbocycles. The van der Waals surface area contributed by atoms with Gasteiger partial charge in [-0.25, -0.2) is 0 Å². The van der Waals surface area contributed by atoms with E-state index in [0.29, 0.717) is 10.0 Å². The van der Waals surface area contributed by atoms with E-state index in [9.17, 15) is 4.79 Å². The minimum Gasteiger partial charge on any atom is -0.480 e. The van der Waals surface area contributed by atoms with Gasteiger partial charge in [-0.05, 0) is 37.6 Å². The van der Waals surface area contributed by atoms with E-state index in [-0.39, 0.29) is 6.04 Å². The van der Waals surface area contributed by atoms with Gasteiger partial charge in [-0.1, -0.05) is 23.2 Å². The average molecular weight is 262 g/mol. The second-order valence-electron chi connectivity index (χ2n) is 3.61. The van der Waals surface area contributed by atoms with Gasteiger partial charge in [-0.2, -0.15) is 0 Å². The number of carbonyl (C=O) groups is 1. The molecule has 0 radical (unpaired) electrons. The molecule has 0 fully saturated rings. The summed E-state index contributed by atoms with van der Waals surface area (Å²) >= 11 is 11.9. The Morgan fingerprint density at radius 3 is 2.56 bits per heavy atom. The van der Waals surface area contributed by atoms with Crippen LogP contribution in [-0.2, 0) is 4.79 Å². The van der Waals surface area contributed by atoms with Crippen molar-refractivity contribution in [2.24, 2.45) is 0 Å². The normalized spacial score (nSPS) is 14.5. The van der Waals surface area contributed by atoms with Crippen LogP contribution in [0.1, 0.15) is 25.5 Å². The Kier molecular flexibility index (Phi) is 4.59. The van der Waals surface area contributed by atoms with Gasteiger partial charge in [0.25, 0.3) is 0 Å². The Balaban J connectivity index is 2.83. The maximum absolute atomic E-state index is 10.7. The molecule has 0 spiro atoms. The van der Waals surface area contributed by atoms with Crippen molar-refractivity contribution in [3.63, 3.8) is 0 Å². The third-order valence-corrected chi connectivity index (χ3v) is 2.87. The average Bonchev–Trinajstić information content (AvgIpc) is 2.21. The minimum absolute atomic E-state index is 0.169. The summed E-state index contributed by atoms with van der Waals surface area (Å²) < 4.78 is 0. The van der Waals surface area contributed by atoms with Crippen LogP contribution in [0.4, 0.5) is 0 Å². The zero-order valence-corrected chi connectivity index (χ0v) is 10.5. The number of carboxylic acid groups (broad SMARTS) is 1. The van der Waals surface area contributed by atoms with Crippen molar-refractivity contribution in [3.05, 3.63) is 33.8 Å². The highest BCUT2D eigenvalue weighted by Gasteiger charge is 2.16. The molecule has 0 saturated carbocycles. The number of hydrogen-bond donors (Lipinski definition) is 2. The fourth-order valence-corrected chi connectivity index (χ4v) is 1.84. The summed E-state index contributed by atoms with van der Waals surface area (Å²) in [6.07, 6.45) is 0. The number of halogens is 2. The molecule has 1 rings (SSSR count). The molecule has 0 heterocycles. The molecule has 0 saturated heterocycles. The molecular formula is C11H13Cl2NO2. The zero-order valence-electron chi connectivity index (χ0n) is 9.00. The topological polar surface area (TPSA) is 49.3 Å². The first-order valence-electron chi connectivity index (χ1n) is 4.85. The van der Waals surface area contributed by atoms with Gasteiger partial charge in [-0.15, -0.1) is 0 Å². The molecule has 3 nitrogen and oxygen atoms in total. The Morgan fingerprint density at radius 1 is 1.38 bits per heavy atom. The molecule has 0 bridgehead atoms. The molecule has 1 aromatic carbocycles. The van der Waals surface area contributed by atoms with Crippen LogP contribution >= 0.6 is 23.2 Å². The smallest absolute Gasteiger partial charge is 0.320 e. The summed E-state index contributed by atoms with van der Waals surface area (Å²) in [5, 5.41) is 12.9. The van der Waals surface area contributed by atoms with E-state index in [4.69, 9.17) is 28.3 Å². The van der Waals surface area contributed by atoms with Crippen molar-refractivity contribution >= 4 is 29.2 Å². The van der Waals surface area contributed by atoms with E-state index in [1.54, 1.807) is 25.1 Å². The lowest BCUT2D eigenvalue weighted by Gasteiger charge is -2.18. The lowest BCUT2D eigenvalue weighted by atomic mass is 10.1. The number of hydrogen-bond acceptors (Lipinski definition) is 2. The van der Waals surface area contributed by atoms with Gasteiger partial charge < -0.3 is 5.11 Å². The molecule has 0 amide bonds. The summed E-state index contributed by atoms with van der Waals surface area (Å²) in [5.41, 5.74) is 0.794. The van der Waals surface area contributed by atoms with Crippen LogP contribution in [0.25, 0.3) is 0 Å². The highest BCUT2D eigenvalue weighted by atomic mass is 35.5. The third kappa shape index (κ3) is 3.37. The first-order chi connectivity index (χ1) is 7.41. The third-order valence-electron chi connectivity index (χ3n) is 2.29. The second kappa shape index (κ2) is 5.53. The lowest BCUT2D eigenvalue weighted by Crippen LogP contribution is -2.35. The SMILES string of the molecule is CC(NC(C)c1cc(Cl)ccc1Cl)C(=O)O. The fourth-order valence-electron chi connectivity index (χ4n) is 1.38. The van der Waals surface area contributed by atoms with Gasteiger partial charge in [0.2, 0.25) is 0 Å². The Morgan fingerprint density at radius 2 is 2.00 bits per heavy atom. The van der Waals surface area contributed by atoms with Crippen molar-refractivity contribution in [2.45, 2.75) is 25.9 Å². The molecule has 2 N–H and O–H groups in total. The van der Waals surface area contributed by atoms with Crippen LogP contribution in [0, 0.1) is 0 Å². The predicted molar refractivity (Wildman–Crippen MR) is 65.1 cm³/mol. The van der Waals surface area contributed by atoms with E-state index in [1.807, 2.05) is 6.92 Å². The van der Waals surface area contributed by atoms with Crippen LogP contribution in [-0.4, -0.2) is 17.1 Å². The van der Waals surface area contributed by atoms with Gasteiger partial charge in [-0.3, -0.25) is 10.1 Å². The van der Waals surface area contributed by atoms with Gasteiger partial charge in [0.05, 0.1) is 0 Å². The van der Waals surface area contributed by atoms with Gasteiger partial charge in [0.1, 0.15) is 6.04 Å². The van der Waals surface area contributed by atoms with Crippen molar-refractivity contribution in [1.82, 2.24) is 5.32 Å². The van der Waals surface area contributed by atoms with Gasteiger partial charge in [0, 0.05) is 16.1 Å². The molecule has 88 valence electrons. The van der Waals surface area contributed by atoms with Crippen molar-refractivity contribution < 1.29 is 9.90 Å². The number of rotatable bonds is 4. The number of nitrogens with one attached hydrogen (secondary N) is 1. The summed E-state index contributed by atoms with van der Waals surface area (Å²) in [5.74, 6) is -0.898. The van der Waals surface area contributed by atoms with Crippen molar-refractivity contribution in [3.8, 4) is 0 Å². The Bertz CT molecular complexity index is 396. The highest BCUT2D eigenvalue weighted by molar-refractivity contribution is 6.33. The van der Waals surface area contributed by atoms with E-state index in [2.05, 4.69) is 5.32 Å². The largest absolute Gasteiger partial charge is 0.480 e.